The van der Waals surface area contributed by atoms with Crippen molar-refractivity contribution in [2.24, 2.45) is 4.99 Å². The van der Waals surface area contributed by atoms with E-state index < -0.39 is 9.84 Å². The highest BCUT2D eigenvalue weighted by atomic mass is 32.2. The second kappa shape index (κ2) is 14.8. The summed E-state index contributed by atoms with van der Waals surface area (Å²) in [7, 11) is -1.20. The Bertz CT molecular complexity index is 397. The van der Waals surface area contributed by atoms with Gasteiger partial charge < -0.3 is 15.4 Å². The van der Waals surface area contributed by atoms with Gasteiger partial charge in [0.1, 0.15) is 9.84 Å². The summed E-state index contributed by atoms with van der Waals surface area (Å²) in [6, 6.07) is 0. The number of unbranched alkanes of at least 4 members (excludes halogenated alkanes) is 6. The molecule has 23 heavy (non-hydrogen) atoms. The highest BCUT2D eigenvalue weighted by Crippen LogP contribution is 2.06. The zero-order valence-corrected chi connectivity index (χ0v) is 15.9. The monoisotopic (exact) mass is 349 g/mol. The van der Waals surface area contributed by atoms with Crippen molar-refractivity contribution in [3.05, 3.63) is 0 Å². The Balaban J connectivity index is 3.46. The molecule has 0 aliphatic rings. The maximum Gasteiger partial charge on any atom is 0.191 e. The van der Waals surface area contributed by atoms with Crippen molar-refractivity contribution < 1.29 is 13.2 Å². The van der Waals surface area contributed by atoms with Crippen LogP contribution in [0.25, 0.3) is 0 Å². The molecular formula is C16H35N3O3S. The molecule has 0 aliphatic carbocycles. The third-order valence-electron chi connectivity index (χ3n) is 3.43. The number of aliphatic imine (C=N–C) groups is 1. The summed E-state index contributed by atoms with van der Waals surface area (Å²) in [6.07, 6.45) is 10.3. The molecule has 0 unspecified atom stereocenters. The highest BCUT2D eigenvalue weighted by Gasteiger charge is 2.01. The number of nitrogens with one attached hydrogen (secondary N) is 2. The SMILES string of the molecule is CCCCCCCCCNC(=NC)NCCOCCS(C)(=O)=O. The first-order valence-electron chi connectivity index (χ1n) is 8.69. The van der Waals surface area contributed by atoms with Crippen LogP contribution >= 0.6 is 0 Å². The summed E-state index contributed by atoms with van der Waals surface area (Å²) < 4.78 is 27.1. The standard InChI is InChI=1S/C16H35N3O3S/c1-4-5-6-7-8-9-10-11-18-16(17-2)19-12-13-22-14-15-23(3,20)21/h4-15H2,1-3H3,(H2,17,18,19). The van der Waals surface area contributed by atoms with Crippen molar-refractivity contribution >= 4 is 15.8 Å². The van der Waals surface area contributed by atoms with Crippen LogP contribution in [0.2, 0.25) is 0 Å². The third kappa shape index (κ3) is 17.4. The minimum atomic E-state index is -2.94. The van der Waals surface area contributed by atoms with Gasteiger partial charge in [0.05, 0.1) is 19.0 Å². The van der Waals surface area contributed by atoms with Crippen LogP contribution in [0.4, 0.5) is 0 Å². The van der Waals surface area contributed by atoms with E-state index in [1.54, 1.807) is 7.05 Å². The summed E-state index contributed by atoms with van der Waals surface area (Å²) in [6.45, 7) is 4.47. The quantitative estimate of drug-likeness (QED) is 0.285. The van der Waals surface area contributed by atoms with Crippen LogP contribution in [-0.4, -0.2) is 59.7 Å². The van der Waals surface area contributed by atoms with Gasteiger partial charge in [-0.15, -0.1) is 0 Å². The molecule has 0 radical (unpaired) electrons. The van der Waals surface area contributed by atoms with Crippen LogP contribution in [0.5, 0.6) is 0 Å². The summed E-state index contributed by atoms with van der Waals surface area (Å²) in [5.74, 6) is 0.834. The molecule has 138 valence electrons. The summed E-state index contributed by atoms with van der Waals surface area (Å²) in [5.41, 5.74) is 0. The zero-order valence-electron chi connectivity index (χ0n) is 15.1. The van der Waals surface area contributed by atoms with E-state index in [0.29, 0.717) is 13.2 Å². The Morgan fingerprint density at radius 2 is 1.57 bits per heavy atom. The number of ether oxygens (including phenoxy) is 1. The molecule has 0 saturated heterocycles. The van der Waals surface area contributed by atoms with E-state index in [2.05, 4.69) is 22.5 Å². The lowest BCUT2D eigenvalue weighted by atomic mass is 10.1. The molecule has 0 aromatic heterocycles. The lowest BCUT2D eigenvalue weighted by molar-refractivity contribution is 0.154. The normalized spacial score (nSPS) is 12.4. The van der Waals surface area contributed by atoms with Gasteiger partial charge in [-0.25, -0.2) is 8.42 Å². The van der Waals surface area contributed by atoms with Gasteiger partial charge in [-0.1, -0.05) is 45.4 Å². The molecule has 0 bridgehead atoms. The van der Waals surface area contributed by atoms with Crippen LogP contribution in [-0.2, 0) is 14.6 Å². The number of hydrogen-bond acceptors (Lipinski definition) is 4. The Labute approximate surface area is 142 Å². The van der Waals surface area contributed by atoms with E-state index in [-0.39, 0.29) is 12.4 Å². The highest BCUT2D eigenvalue weighted by molar-refractivity contribution is 7.90. The molecule has 0 amide bonds. The zero-order chi connectivity index (χ0) is 17.4. The van der Waals surface area contributed by atoms with Crippen molar-refractivity contribution in [2.45, 2.75) is 51.9 Å². The molecule has 0 fully saturated rings. The predicted octanol–water partition coefficient (Wildman–Crippen LogP) is 1.96. The second-order valence-electron chi connectivity index (χ2n) is 5.79. The molecule has 2 N–H and O–H groups in total. The van der Waals surface area contributed by atoms with E-state index in [4.69, 9.17) is 4.74 Å². The van der Waals surface area contributed by atoms with Gasteiger partial charge in [0.25, 0.3) is 0 Å². The average molecular weight is 350 g/mol. The molecule has 0 aliphatic heterocycles. The maximum atomic E-state index is 10.9. The van der Waals surface area contributed by atoms with E-state index in [9.17, 15) is 8.42 Å². The third-order valence-corrected chi connectivity index (χ3v) is 4.34. The topological polar surface area (TPSA) is 79.8 Å². The minimum Gasteiger partial charge on any atom is -0.379 e. The predicted molar refractivity (Wildman–Crippen MR) is 97.9 cm³/mol. The Morgan fingerprint density at radius 3 is 2.17 bits per heavy atom. The number of nitrogens with zero attached hydrogens (tertiary/aromatic N) is 1. The van der Waals surface area contributed by atoms with Crippen LogP contribution in [0.3, 0.4) is 0 Å². The molecule has 6 nitrogen and oxygen atoms in total. The molecule has 0 saturated carbocycles. The molecule has 7 heteroatoms. The van der Waals surface area contributed by atoms with Gasteiger partial charge in [-0.3, -0.25) is 4.99 Å². The fourth-order valence-corrected chi connectivity index (χ4v) is 2.48. The number of rotatable bonds is 14. The van der Waals surface area contributed by atoms with Gasteiger partial charge in [-0.05, 0) is 6.42 Å². The molecule has 0 atom stereocenters. The first-order valence-corrected chi connectivity index (χ1v) is 10.8. The molecule has 0 aromatic carbocycles. The summed E-state index contributed by atoms with van der Waals surface area (Å²) in [4.78, 5) is 4.15. The number of guanidine groups is 1. The second-order valence-corrected chi connectivity index (χ2v) is 8.05. The van der Waals surface area contributed by atoms with Crippen LogP contribution in [0.15, 0.2) is 4.99 Å². The summed E-state index contributed by atoms with van der Waals surface area (Å²) in [5, 5.41) is 6.42. The van der Waals surface area contributed by atoms with E-state index in [1.165, 1.54) is 44.8 Å². The molecular weight excluding hydrogens is 314 g/mol. The lowest BCUT2D eigenvalue weighted by Gasteiger charge is -2.12. The smallest absolute Gasteiger partial charge is 0.191 e. The molecule has 0 aromatic rings. The van der Waals surface area contributed by atoms with Gasteiger partial charge in [0.2, 0.25) is 0 Å². The maximum absolute atomic E-state index is 10.9. The number of hydrogen-bond donors (Lipinski definition) is 2. The van der Waals surface area contributed by atoms with Gasteiger partial charge in [0.15, 0.2) is 5.96 Å². The molecule has 0 heterocycles. The van der Waals surface area contributed by atoms with Crippen LogP contribution < -0.4 is 10.6 Å². The fourth-order valence-electron chi connectivity index (χ4n) is 2.06. The van der Waals surface area contributed by atoms with Crippen molar-refractivity contribution in [3.63, 3.8) is 0 Å². The fraction of sp³-hybridized carbons (Fsp3) is 0.938. The van der Waals surface area contributed by atoms with E-state index >= 15 is 0 Å². The first kappa shape index (κ1) is 22.2. The lowest BCUT2D eigenvalue weighted by Crippen LogP contribution is -2.39. The Hall–Kier alpha value is -0.820. The van der Waals surface area contributed by atoms with Gasteiger partial charge in [0, 0.05) is 26.4 Å². The van der Waals surface area contributed by atoms with E-state index in [1.807, 2.05) is 0 Å². The van der Waals surface area contributed by atoms with Crippen molar-refractivity contribution in [1.82, 2.24) is 10.6 Å². The van der Waals surface area contributed by atoms with Crippen molar-refractivity contribution in [2.75, 3.05) is 45.4 Å². The van der Waals surface area contributed by atoms with Gasteiger partial charge >= 0.3 is 0 Å². The minimum absolute atomic E-state index is 0.0677. The Morgan fingerprint density at radius 1 is 0.957 bits per heavy atom. The number of sulfone groups is 1. The first-order chi connectivity index (χ1) is 11.0. The largest absolute Gasteiger partial charge is 0.379 e. The van der Waals surface area contributed by atoms with E-state index in [0.717, 1.165) is 18.9 Å². The van der Waals surface area contributed by atoms with Crippen LogP contribution in [0.1, 0.15) is 51.9 Å². The Kier molecular flexibility index (Phi) is 14.2. The average Bonchev–Trinajstić information content (AvgIpc) is 2.50. The van der Waals surface area contributed by atoms with Gasteiger partial charge in [-0.2, -0.15) is 0 Å². The molecule has 0 spiro atoms. The van der Waals surface area contributed by atoms with Crippen LogP contribution in [0, 0.1) is 0 Å². The van der Waals surface area contributed by atoms with Crippen molar-refractivity contribution in [3.8, 4) is 0 Å². The summed E-state index contributed by atoms with van der Waals surface area (Å²) >= 11 is 0. The molecule has 0 rings (SSSR count). The van der Waals surface area contributed by atoms with Crippen molar-refractivity contribution in [1.29, 1.82) is 0 Å².